The van der Waals surface area contributed by atoms with Gasteiger partial charge in [0.05, 0.1) is 6.10 Å². The molecule has 2 aliphatic carbocycles. The third-order valence-electron chi connectivity index (χ3n) is 8.53. The zero-order valence-electron chi connectivity index (χ0n) is 19.1. The van der Waals surface area contributed by atoms with Gasteiger partial charge >= 0.3 is 0 Å². The van der Waals surface area contributed by atoms with Gasteiger partial charge in [-0.2, -0.15) is 0 Å². The quantitative estimate of drug-likeness (QED) is 0.754. The molecule has 5 atom stereocenters. The lowest BCUT2D eigenvalue weighted by atomic mass is 9.59. The number of hydrogen-bond donors (Lipinski definition) is 1. The second-order valence-corrected chi connectivity index (χ2v) is 10.6. The molecule has 1 aliphatic heterocycles. The molecule has 1 spiro atoms. The highest BCUT2D eigenvalue weighted by molar-refractivity contribution is 5.95. The average Bonchev–Trinajstić information content (AvgIpc) is 3.26. The molecular weight excluding hydrogens is 384 g/mol. The molecule has 3 fully saturated rings. The van der Waals surface area contributed by atoms with Crippen LogP contribution in [0.15, 0.2) is 54.6 Å². The predicted molar refractivity (Wildman–Crippen MR) is 124 cm³/mol. The van der Waals surface area contributed by atoms with Crippen LogP contribution in [-0.4, -0.2) is 32.7 Å². The van der Waals surface area contributed by atoms with Crippen LogP contribution < -0.4 is 10.2 Å². The second-order valence-electron chi connectivity index (χ2n) is 10.6. The van der Waals surface area contributed by atoms with Crippen LogP contribution in [0.4, 0.5) is 5.69 Å². The summed E-state index contributed by atoms with van der Waals surface area (Å²) in [7, 11) is 4.01. The Kier molecular flexibility index (Phi) is 4.89. The van der Waals surface area contributed by atoms with Crippen LogP contribution in [0.5, 0.6) is 0 Å². The molecule has 5 rings (SSSR count). The zero-order chi connectivity index (χ0) is 21.8. The van der Waals surface area contributed by atoms with E-state index in [0.29, 0.717) is 11.8 Å². The molecule has 0 radical (unpaired) electrons. The van der Waals surface area contributed by atoms with E-state index in [9.17, 15) is 4.79 Å². The highest BCUT2D eigenvalue weighted by Crippen LogP contribution is 2.70. The first-order valence-corrected chi connectivity index (χ1v) is 11.6. The summed E-state index contributed by atoms with van der Waals surface area (Å²) >= 11 is 0. The molecule has 164 valence electrons. The van der Waals surface area contributed by atoms with Gasteiger partial charge in [0, 0.05) is 38.0 Å². The third kappa shape index (κ3) is 3.18. The van der Waals surface area contributed by atoms with Gasteiger partial charge in [0.2, 0.25) is 0 Å². The smallest absolute Gasteiger partial charge is 0.251 e. The minimum Gasteiger partial charge on any atom is -0.378 e. The van der Waals surface area contributed by atoms with E-state index in [0.717, 1.165) is 24.3 Å². The Hall–Kier alpha value is -2.33. The summed E-state index contributed by atoms with van der Waals surface area (Å²) in [4.78, 5) is 15.4. The Morgan fingerprint density at radius 3 is 2.61 bits per heavy atom. The Bertz CT molecular complexity index is 970. The highest BCUT2D eigenvalue weighted by Gasteiger charge is 2.68. The van der Waals surface area contributed by atoms with Gasteiger partial charge in [-0.05, 0) is 65.7 Å². The molecule has 1 heterocycles. The number of fused-ring (bicyclic) bond motifs is 1. The van der Waals surface area contributed by atoms with Crippen molar-refractivity contribution in [3.05, 3.63) is 65.7 Å². The topological polar surface area (TPSA) is 41.6 Å². The number of carbonyl (C=O) groups excluding carboxylic acids is 1. The van der Waals surface area contributed by atoms with Crippen LogP contribution in [0.25, 0.3) is 0 Å². The lowest BCUT2D eigenvalue weighted by Crippen LogP contribution is -2.58. The molecule has 4 nitrogen and oxygen atoms in total. The highest BCUT2D eigenvalue weighted by atomic mass is 16.5. The maximum Gasteiger partial charge on any atom is 0.251 e. The van der Waals surface area contributed by atoms with E-state index in [1.807, 2.05) is 43.3 Å². The first-order chi connectivity index (χ1) is 14.8. The molecule has 1 amide bonds. The summed E-state index contributed by atoms with van der Waals surface area (Å²) in [6.07, 6.45) is 3.55. The van der Waals surface area contributed by atoms with Gasteiger partial charge in [-0.25, -0.2) is 0 Å². The van der Waals surface area contributed by atoms with Gasteiger partial charge < -0.3 is 15.0 Å². The first kappa shape index (κ1) is 20.6. The van der Waals surface area contributed by atoms with E-state index in [-0.39, 0.29) is 28.9 Å². The summed E-state index contributed by atoms with van der Waals surface area (Å²) in [6, 6.07) is 18.7. The summed E-state index contributed by atoms with van der Waals surface area (Å²) in [5.74, 6) is 1.12. The van der Waals surface area contributed by atoms with Crippen molar-refractivity contribution in [2.75, 3.05) is 25.6 Å². The SMILES string of the molecule is CN(C)c1cccc(C(=O)N[C@H]2C(C)(C)[C@@H]3C[C@@H]4[C@@H](c5ccccc5)OCC[C@@]42C3)c1. The number of hydrogen-bond acceptors (Lipinski definition) is 3. The number of nitrogens with one attached hydrogen (secondary N) is 1. The maximum absolute atomic E-state index is 13.4. The van der Waals surface area contributed by atoms with Crippen LogP contribution in [0.2, 0.25) is 0 Å². The number of ether oxygens (including phenoxy) is 1. The number of carbonyl (C=O) groups is 1. The molecule has 2 saturated carbocycles. The predicted octanol–water partition coefficient (Wildman–Crippen LogP) is 5.07. The average molecular weight is 419 g/mol. The summed E-state index contributed by atoms with van der Waals surface area (Å²) in [5, 5.41) is 3.53. The van der Waals surface area contributed by atoms with Gasteiger partial charge in [-0.15, -0.1) is 0 Å². The number of amides is 1. The van der Waals surface area contributed by atoms with Crippen molar-refractivity contribution in [1.29, 1.82) is 0 Å². The third-order valence-corrected chi connectivity index (χ3v) is 8.53. The second kappa shape index (κ2) is 7.37. The van der Waals surface area contributed by atoms with E-state index < -0.39 is 0 Å². The Morgan fingerprint density at radius 1 is 1.10 bits per heavy atom. The normalized spacial score (nSPS) is 33.0. The molecular formula is C27H34N2O2. The number of anilines is 1. The molecule has 1 saturated heterocycles. The van der Waals surface area contributed by atoms with Crippen molar-refractivity contribution in [1.82, 2.24) is 5.32 Å². The maximum atomic E-state index is 13.4. The zero-order valence-corrected chi connectivity index (χ0v) is 19.1. The van der Waals surface area contributed by atoms with Crippen LogP contribution in [-0.2, 0) is 4.74 Å². The monoisotopic (exact) mass is 418 g/mol. The fourth-order valence-electron chi connectivity index (χ4n) is 6.90. The fourth-order valence-corrected chi connectivity index (χ4v) is 6.90. The van der Waals surface area contributed by atoms with Crippen molar-refractivity contribution in [2.45, 2.75) is 45.3 Å². The molecule has 4 heteroatoms. The van der Waals surface area contributed by atoms with Crippen LogP contribution in [0.3, 0.4) is 0 Å². The summed E-state index contributed by atoms with van der Waals surface area (Å²) in [6.45, 7) is 5.48. The van der Waals surface area contributed by atoms with E-state index in [1.54, 1.807) is 0 Å². The van der Waals surface area contributed by atoms with Crippen LogP contribution >= 0.6 is 0 Å². The van der Waals surface area contributed by atoms with E-state index >= 15 is 0 Å². The number of rotatable bonds is 4. The summed E-state index contributed by atoms with van der Waals surface area (Å²) in [5.41, 5.74) is 3.27. The van der Waals surface area contributed by atoms with Gasteiger partial charge in [0.15, 0.2) is 0 Å². The van der Waals surface area contributed by atoms with Gasteiger partial charge in [-0.1, -0.05) is 50.2 Å². The van der Waals surface area contributed by atoms with Crippen molar-refractivity contribution in [2.24, 2.45) is 22.7 Å². The van der Waals surface area contributed by atoms with Gasteiger partial charge in [-0.3, -0.25) is 4.79 Å². The lowest BCUT2D eigenvalue weighted by Gasteiger charge is -2.53. The van der Waals surface area contributed by atoms with E-state index in [2.05, 4.69) is 49.5 Å². The number of nitrogens with zero attached hydrogens (tertiary/aromatic N) is 1. The van der Waals surface area contributed by atoms with Crippen LogP contribution in [0, 0.1) is 22.7 Å². The molecule has 2 bridgehead atoms. The minimum atomic E-state index is 0.0465. The van der Waals surface area contributed by atoms with Crippen molar-refractivity contribution >= 4 is 11.6 Å². The Labute approximate surface area is 186 Å². The Morgan fingerprint density at radius 2 is 1.87 bits per heavy atom. The molecule has 0 aromatic heterocycles. The van der Waals surface area contributed by atoms with E-state index in [4.69, 9.17) is 4.74 Å². The molecule has 0 unspecified atom stereocenters. The molecule has 2 aromatic carbocycles. The van der Waals surface area contributed by atoms with Crippen molar-refractivity contribution in [3.63, 3.8) is 0 Å². The number of benzene rings is 2. The molecule has 2 aromatic rings. The molecule has 31 heavy (non-hydrogen) atoms. The lowest BCUT2D eigenvalue weighted by molar-refractivity contribution is -0.120. The van der Waals surface area contributed by atoms with Crippen molar-refractivity contribution < 1.29 is 9.53 Å². The summed E-state index contributed by atoms with van der Waals surface area (Å²) < 4.78 is 6.36. The van der Waals surface area contributed by atoms with Crippen molar-refractivity contribution in [3.8, 4) is 0 Å². The largest absolute Gasteiger partial charge is 0.378 e. The van der Waals surface area contributed by atoms with E-state index in [1.165, 1.54) is 18.4 Å². The molecule has 3 aliphatic rings. The van der Waals surface area contributed by atoms with Gasteiger partial charge in [0.25, 0.3) is 5.91 Å². The fraction of sp³-hybridized carbons (Fsp3) is 0.519. The Balaban J connectivity index is 1.46. The standard InChI is InChI=1S/C27H34N2O2/c1-26(2)20-16-22-23(18-9-6-5-7-10-18)31-14-13-27(22,17-20)25(26)28-24(30)19-11-8-12-21(15-19)29(3)4/h5-12,15,20,22-23,25H,13-14,16-17H2,1-4H3,(H,28,30)/t20-,22-,23-,25+,27-/m1/s1. The first-order valence-electron chi connectivity index (χ1n) is 11.6. The van der Waals surface area contributed by atoms with Gasteiger partial charge in [0.1, 0.15) is 0 Å². The molecule has 1 N–H and O–H groups in total. The van der Waals surface area contributed by atoms with Crippen LogP contribution in [0.1, 0.15) is 55.1 Å². The minimum absolute atomic E-state index is 0.0465.